The second-order valence-corrected chi connectivity index (χ2v) is 8.73. The first-order valence-electron chi connectivity index (χ1n) is 11.0. The van der Waals surface area contributed by atoms with Crippen LogP contribution in [-0.2, 0) is 5.60 Å². The summed E-state index contributed by atoms with van der Waals surface area (Å²) >= 11 is 0. The van der Waals surface area contributed by atoms with Crippen LogP contribution in [0, 0.1) is 12.8 Å². The highest BCUT2D eigenvalue weighted by molar-refractivity contribution is 5.64. The number of anilines is 2. The Morgan fingerprint density at radius 3 is 2.50 bits per heavy atom. The molecule has 0 amide bonds. The number of nitrogens with zero attached hydrogens (tertiary/aromatic N) is 3. The molecule has 1 atom stereocenters. The predicted molar refractivity (Wildman–Crippen MR) is 121 cm³/mol. The van der Waals surface area contributed by atoms with E-state index in [9.17, 15) is 13.9 Å². The number of hydrogen-bond donors (Lipinski definition) is 2. The van der Waals surface area contributed by atoms with Gasteiger partial charge >= 0.3 is 0 Å². The molecule has 1 unspecified atom stereocenters. The van der Waals surface area contributed by atoms with Gasteiger partial charge in [0.25, 0.3) is 6.43 Å². The molecule has 3 aromatic heterocycles. The average molecular weight is 439 g/mol. The predicted octanol–water partition coefficient (Wildman–Crippen LogP) is 6.32. The molecular formula is C25H28F2N4O. The first-order chi connectivity index (χ1) is 15.3. The van der Waals surface area contributed by atoms with Crippen molar-refractivity contribution in [1.82, 2.24) is 15.0 Å². The molecule has 4 rings (SSSR count). The fourth-order valence-electron chi connectivity index (χ4n) is 4.38. The summed E-state index contributed by atoms with van der Waals surface area (Å²) in [7, 11) is 0. The zero-order valence-corrected chi connectivity index (χ0v) is 18.4. The SMILES string of the molecule is Cc1cc(Nc2cc(C(F)F)ccn2)nc(-c2ccc(C(C)(O)C3CCCCC3)nc2)c1. The van der Waals surface area contributed by atoms with Crippen LogP contribution in [-0.4, -0.2) is 20.1 Å². The van der Waals surface area contributed by atoms with Crippen LogP contribution < -0.4 is 5.32 Å². The van der Waals surface area contributed by atoms with Gasteiger partial charge in [0.1, 0.15) is 17.2 Å². The maximum Gasteiger partial charge on any atom is 0.264 e. The molecule has 2 N–H and O–H groups in total. The molecule has 0 aliphatic heterocycles. The van der Waals surface area contributed by atoms with Crippen molar-refractivity contribution in [1.29, 1.82) is 0 Å². The molecule has 1 saturated carbocycles. The van der Waals surface area contributed by atoms with Gasteiger partial charge in [-0.3, -0.25) is 4.98 Å². The van der Waals surface area contributed by atoms with Gasteiger partial charge in [-0.15, -0.1) is 0 Å². The molecular weight excluding hydrogens is 410 g/mol. The van der Waals surface area contributed by atoms with Crippen molar-refractivity contribution < 1.29 is 13.9 Å². The summed E-state index contributed by atoms with van der Waals surface area (Å²) in [4.78, 5) is 13.3. The fraction of sp³-hybridized carbons (Fsp3) is 0.400. The molecule has 0 bridgehead atoms. The van der Waals surface area contributed by atoms with Crippen molar-refractivity contribution in [2.45, 2.75) is 58.0 Å². The Bertz CT molecular complexity index is 1060. The van der Waals surface area contributed by atoms with Gasteiger partial charge in [-0.25, -0.2) is 18.7 Å². The van der Waals surface area contributed by atoms with E-state index in [-0.39, 0.29) is 11.5 Å². The number of halogens is 2. The van der Waals surface area contributed by atoms with Gasteiger partial charge in [0.05, 0.1) is 11.4 Å². The van der Waals surface area contributed by atoms with Gasteiger partial charge < -0.3 is 10.4 Å². The van der Waals surface area contributed by atoms with Crippen LogP contribution in [0.25, 0.3) is 11.3 Å². The van der Waals surface area contributed by atoms with Crippen molar-refractivity contribution in [2.24, 2.45) is 5.92 Å². The van der Waals surface area contributed by atoms with Gasteiger partial charge in [0.2, 0.25) is 0 Å². The second-order valence-electron chi connectivity index (χ2n) is 8.73. The van der Waals surface area contributed by atoms with E-state index in [2.05, 4.69) is 20.3 Å². The standard InChI is InChI=1S/C25H28F2N4O/c1-16-12-20(30-23(13-16)31-22-14-17(24(26)27)10-11-28-22)18-8-9-21(29-15-18)25(2,32)19-6-4-3-5-7-19/h8-15,19,24,32H,3-7H2,1-2H3,(H,28,30,31). The highest BCUT2D eigenvalue weighted by atomic mass is 19.3. The molecule has 1 aliphatic carbocycles. The number of rotatable bonds is 6. The molecule has 1 fully saturated rings. The van der Waals surface area contributed by atoms with Crippen LogP contribution >= 0.6 is 0 Å². The van der Waals surface area contributed by atoms with Gasteiger partial charge in [0, 0.05) is 23.5 Å². The van der Waals surface area contributed by atoms with E-state index < -0.39 is 12.0 Å². The van der Waals surface area contributed by atoms with E-state index in [0.717, 1.165) is 36.8 Å². The molecule has 0 saturated heterocycles. The molecule has 3 heterocycles. The minimum Gasteiger partial charge on any atom is -0.384 e. The van der Waals surface area contributed by atoms with Crippen LogP contribution in [0.5, 0.6) is 0 Å². The van der Waals surface area contributed by atoms with Crippen LogP contribution in [0.1, 0.15) is 62.3 Å². The summed E-state index contributed by atoms with van der Waals surface area (Å²) < 4.78 is 25.9. The summed E-state index contributed by atoms with van der Waals surface area (Å²) in [5, 5.41) is 14.2. The Labute approximate surface area is 187 Å². The number of hydrogen-bond acceptors (Lipinski definition) is 5. The molecule has 32 heavy (non-hydrogen) atoms. The van der Waals surface area contributed by atoms with Crippen molar-refractivity contribution in [2.75, 3.05) is 5.32 Å². The summed E-state index contributed by atoms with van der Waals surface area (Å²) in [5.74, 6) is 1.04. The Morgan fingerprint density at radius 1 is 1.03 bits per heavy atom. The Morgan fingerprint density at radius 2 is 1.81 bits per heavy atom. The van der Waals surface area contributed by atoms with Gasteiger partial charge in [0.15, 0.2) is 0 Å². The molecule has 0 aromatic carbocycles. The Hall–Kier alpha value is -2.93. The van der Waals surface area contributed by atoms with E-state index >= 15 is 0 Å². The van der Waals surface area contributed by atoms with E-state index in [0.29, 0.717) is 23.0 Å². The third kappa shape index (κ3) is 4.93. The summed E-state index contributed by atoms with van der Waals surface area (Å²) in [5.41, 5.74) is 2.10. The third-order valence-corrected chi connectivity index (χ3v) is 6.24. The number of pyridine rings is 3. The van der Waals surface area contributed by atoms with E-state index in [1.807, 2.05) is 38.1 Å². The zero-order valence-electron chi connectivity index (χ0n) is 18.4. The second kappa shape index (κ2) is 9.28. The van der Waals surface area contributed by atoms with Crippen LogP contribution in [0.4, 0.5) is 20.4 Å². The lowest BCUT2D eigenvalue weighted by atomic mass is 9.76. The monoisotopic (exact) mass is 438 g/mol. The van der Waals surface area contributed by atoms with E-state index in [1.54, 1.807) is 6.20 Å². The molecule has 3 aromatic rings. The largest absolute Gasteiger partial charge is 0.384 e. The number of alkyl halides is 2. The lowest BCUT2D eigenvalue weighted by Gasteiger charge is -2.35. The Balaban J connectivity index is 1.56. The molecule has 7 heteroatoms. The summed E-state index contributed by atoms with van der Waals surface area (Å²) in [6.07, 6.45) is 6.09. The maximum atomic E-state index is 13.0. The van der Waals surface area contributed by atoms with Gasteiger partial charge in [-0.1, -0.05) is 19.3 Å². The van der Waals surface area contributed by atoms with Gasteiger partial charge in [-0.2, -0.15) is 0 Å². The van der Waals surface area contributed by atoms with E-state index in [1.165, 1.54) is 24.8 Å². The first kappa shape index (κ1) is 22.3. The first-order valence-corrected chi connectivity index (χ1v) is 11.0. The average Bonchev–Trinajstić information content (AvgIpc) is 2.79. The molecule has 0 radical (unpaired) electrons. The van der Waals surface area contributed by atoms with Crippen LogP contribution in [0.15, 0.2) is 48.8 Å². The number of aromatic nitrogens is 3. The van der Waals surface area contributed by atoms with Crippen molar-refractivity contribution >= 4 is 11.6 Å². The normalized spacial score (nSPS) is 16.7. The minimum atomic E-state index is -2.56. The topological polar surface area (TPSA) is 70.9 Å². The third-order valence-electron chi connectivity index (χ3n) is 6.24. The number of aryl methyl sites for hydroxylation is 1. The highest BCUT2D eigenvalue weighted by Gasteiger charge is 2.35. The number of nitrogens with one attached hydrogen (secondary N) is 1. The Kier molecular flexibility index (Phi) is 6.46. The van der Waals surface area contributed by atoms with Gasteiger partial charge in [-0.05, 0) is 74.6 Å². The maximum absolute atomic E-state index is 13.0. The minimum absolute atomic E-state index is 0.0971. The fourth-order valence-corrected chi connectivity index (χ4v) is 4.38. The molecule has 168 valence electrons. The van der Waals surface area contributed by atoms with Crippen molar-refractivity contribution in [3.05, 3.63) is 65.6 Å². The van der Waals surface area contributed by atoms with Crippen molar-refractivity contribution in [3.63, 3.8) is 0 Å². The lowest BCUT2D eigenvalue weighted by Crippen LogP contribution is -2.34. The van der Waals surface area contributed by atoms with Crippen LogP contribution in [0.2, 0.25) is 0 Å². The smallest absolute Gasteiger partial charge is 0.264 e. The van der Waals surface area contributed by atoms with E-state index in [4.69, 9.17) is 0 Å². The molecule has 0 spiro atoms. The summed E-state index contributed by atoms with van der Waals surface area (Å²) in [6.45, 7) is 3.80. The molecule has 5 nitrogen and oxygen atoms in total. The quantitative estimate of drug-likeness (QED) is 0.471. The van der Waals surface area contributed by atoms with Crippen LogP contribution in [0.3, 0.4) is 0 Å². The van der Waals surface area contributed by atoms with Crippen molar-refractivity contribution in [3.8, 4) is 11.3 Å². The lowest BCUT2D eigenvalue weighted by molar-refractivity contribution is -0.0251. The zero-order chi connectivity index (χ0) is 22.7. The highest BCUT2D eigenvalue weighted by Crippen LogP contribution is 2.38. The number of aliphatic hydroxyl groups is 1. The summed E-state index contributed by atoms with van der Waals surface area (Å²) in [6, 6.07) is 10.2. The molecule has 1 aliphatic rings.